The van der Waals surface area contributed by atoms with Crippen LogP contribution in [0.25, 0.3) is 0 Å². The van der Waals surface area contributed by atoms with Crippen molar-refractivity contribution in [3.8, 4) is 0 Å². The molecule has 35 heavy (non-hydrogen) atoms. The third-order valence-electron chi connectivity index (χ3n) is 9.43. The first-order chi connectivity index (χ1) is 16.0. The lowest BCUT2D eigenvalue weighted by atomic mass is 10.0. The molecule has 6 nitrogen and oxygen atoms in total. The van der Waals surface area contributed by atoms with Crippen molar-refractivity contribution in [3.63, 3.8) is 0 Å². The van der Waals surface area contributed by atoms with Gasteiger partial charge in [-0.1, -0.05) is 55.4 Å². The Labute approximate surface area is 208 Å². The lowest BCUT2D eigenvalue weighted by molar-refractivity contribution is -0.119. The molecule has 2 N–H and O–H groups in total. The number of amides is 2. The summed E-state index contributed by atoms with van der Waals surface area (Å²) in [6.45, 7) is 16.6. The van der Waals surface area contributed by atoms with E-state index in [2.05, 4.69) is 66.0 Å². The highest BCUT2D eigenvalue weighted by Gasteiger charge is 2.68. The van der Waals surface area contributed by atoms with Gasteiger partial charge in [-0.05, 0) is 70.2 Å². The van der Waals surface area contributed by atoms with Gasteiger partial charge >= 0.3 is 0 Å². The molecule has 0 spiro atoms. The number of benzene rings is 2. The zero-order valence-corrected chi connectivity index (χ0v) is 22.6. The molecule has 0 aliphatic heterocycles. The first-order valence-corrected chi connectivity index (χ1v) is 13.5. The van der Waals surface area contributed by atoms with Crippen LogP contribution in [0.15, 0.2) is 58.3 Å². The Hall–Kier alpha value is -2.67. The smallest absolute Gasteiger partial charge is 0.228 e. The van der Waals surface area contributed by atoms with E-state index in [1.54, 1.807) is 24.3 Å². The van der Waals surface area contributed by atoms with Crippen LogP contribution >= 0.6 is 0 Å². The maximum absolute atomic E-state index is 13.1. The molecule has 2 amide bonds. The highest BCUT2D eigenvalue weighted by Crippen LogP contribution is 2.69. The van der Waals surface area contributed by atoms with Gasteiger partial charge in [0.25, 0.3) is 0 Å². The maximum atomic E-state index is 13.1. The molecule has 2 aliphatic carbocycles. The molecule has 188 valence electrons. The van der Waals surface area contributed by atoms with E-state index in [0.29, 0.717) is 11.4 Å². The molecule has 2 saturated carbocycles. The summed E-state index contributed by atoms with van der Waals surface area (Å²) >= 11 is 0. The van der Waals surface area contributed by atoms with E-state index in [9.17, 15) is 18.0 Å². The van der Waals surface area contributed by atoms with Crippen LogP contribution in [-0.2, 0) is 19.4 Å². The van der Waals surface area contributed by atoms with Crippen LogP contribution in [0.4, 0.5) is 11.4 Å². The van der Waals surface area contributed by atoms with Crippen LogP contribution in [-0.4, -0.2) is 20.2 Å². The molecule has 7 heteroatoms. The van der Waals surface area contributed by atoms with Crippen molar-refractivity contribution in [1.29, 1.82) is 0 Å². The zero-order valence-electron chi connectivity index (χ0n) is 21.8. The molecule has 2 aromatic rings. The van der Waals surface area contributed by atoms with Crippen LogP contribution in [0.2, 0.25) is 0 Å². The fourth-order valence-electron chi connectivity index (χ4n) is 5.70. The number of hydrogen-bond acceptors (Lipinski definition) is 4. The summed E-state index contributed by atoms with van der Waals surface area (Å²) in [5.74, 6) is -0.277. The minimum atomic E-state index is -3.74. The van der Waals surface area contributed by atoms with Crippen LogP contribution in [0.1, 0.15) is 55.4 Å². The number of rotatable bonds is 6. The summed E-state index contributed by atoms with van der Waals surface area (Å²) in [6.07, 6.45) is 0. The van der Waals surface area contributed by atoms with Crippen LogP contribution in [0, 0.1) is 33.5 Å². The van der Waals surface area contributed by atoms with Crippen LogP contribution in [0.3, 0.4) is 0 Å². The van der Waals surface area contributed by atoms with Gasteiger partial charge in [0.2, 0.25) is 21.7 Å². The van der Waals surface area contributed by atoms with E-state index in [-0.39, 0.29) is 55.1 Å². The summed E-state index contributed by atoms with van der Waals surface area (Å²) in [5, 5.41) is 5.82. The predicted octanol–water partition coefficient (Wildman–Crippen LogP) is 5.76. The Kier molecular flexibility index (Phi) is 5.57. The lowest BCUT2D eigenvalue weighted by Crippen LogP contribution is -2.17. The molecule has 0 bridgehead atoms. The van der Waals surface area contributed by atoms with Crippen LogP contribution in [0.5, 0.6) is 0 Å². The number of carbonyl (C=O) groups excluding carboxylic acids is 2. The van der Waals surface area contributed by atoms with E-state index in [1.165, 1.54) is 24.3 Å². The SMILES string of the molecule is CC1(C)C(C(=O)Nc2ccc(S(=O)(=O)c3ccc(NC(=O)C4C(C)(C)C4(C)C)cc3)cc2)C1(C)C. The topological polar surface area (TPSA) is 92.3 Å². The minimum Gasteiger partial charge on any atom is -0.326 e. The van der Waals surface area contributed by atoms with Gasteiger partial charge in [-0.2, -0.15) is 0 Å². The van der Waals surface area contributed by atoms with Crippen LogP contribution < -0.4 is 10.6 Å². The first kappa shape index (κ1) is 25.4. The van der Waals surface area contributed by atoms with Gasteiger partial charge in [-0.3, -0.25) is 9.59 Å². The van der Waals surface area contributed by atoms with Gasteiger partial charge in [0.05, 0.1) is 9.79 Å². The third-order valence-corrected chi connectivity index (χ3v) is 11.2. The summed E-state index contributed by atoms with van der Waals surface area (Å²) in [7, 11) is -3.74. The van der Waals surface area contributed by atoms with E-state index in [0.717, 1.165) is 0 Å². The van der Waals surface area contributed by atoms with Crippen molar-refractivity contribution in [3.05, 3.63) is 48.5 Å². The third kappa shape index (κ3) is 3.88. The van der Waals surface area contributed by atoms with Gasteiger partial charge in [-0.15, -0.1) is 0 Å². The highest BCUT2D eigenvalue weighted by atomic mass is 32.2. The molecule has 0 saturated heterocycles. The molecule has 0 radical (unpaired) electrons. The number of anilines is 2. The van der Waals surface area contributed by atoms with Crippen molar-refractivity contribution in [1.82, 2.24) is 0 Å². The molecular formula is C28H36N2O4S. The molecule has 2 fully saturated rings. The van der Waals surface area contributed by atoms with E-state index < -0.39 is 9.84 Å². The van der Waals surface area contributed by atoms with Crippen molar-refractivity contribution in [2.75, 3.05) is 10.6 Å². The summed E-state index contributed by atoms with van der Waals surface area (Å²) < 4.78 is 26.2. The molecule has 0 unspecified atom stereocenters. The second kappa shape index (κ2) is 7.66. The Balaban J connectivity index is 1.42. The average molecular weight is 497 g/mol. The summed E-state index contributed by atoms with van der Waals surface area (Å²) in [4.78, 5) is 25.6. The predicted molar refractivity (Wildman–Crippen MR) is 138 cm³/mol. The lowest BCUT2D eigenvalue weighted by Gasteiger charge is -2.10. The quantitative estimate of drug-likeness (QED) is 0.532. The summed E-state index contributed by atoms with van der Waals surface area (Å²) in [6, 6.07) is 12.5. The van der Waals surface area contributed by atoms with Gasteiger partial charge in [0.1, 0.15) is 0 Å². The maximum Gasteiger partial charge on any atom is 0.228 e. The standard InChI is InChI=1S/C28H36N2O4S/c1-25(2)21(26(25,3)4)23(31)29-17-9-13-19(14-10-17)35(33,34)20-15-11-18(12-16-20)30-24(32)22-27(5,6)28(22,7)8/h9-16,21-22H,1-8H3,(H,29,31)(H,30,32). The normalized spacial score (nSPS) is 21.7. The van der Waals surface area contributed by atoms with Gasteiger partial charge in [-0.25, -0.2) is 8.42 Å². The number of hydrogen-bond donors (Lipinski definition) is 2. The largest absolute Gasteiger partial charge is 0.326 e. The number of carbonyl (C=O) groups is 2. The fourth-order valence-corrected chi connectivity index (χ4v) is 6.96. The average Bonchev–Trinajstić information content (AvgIpc) is 3.36. The number of nitrogens with one attached hydrogen (secondary N) is 2. The number of sulfone groups is 1. The van der Waals surface area contributed by atoms with Crippen molar-refractivity contribution in [2.45, 2.75) is 65.2 Å². The molecule has 2 aromatic carbocycles. The van der Waals surface area contributed by atoms with Gasteiger partial charge in [0.15, 0.2) is 0 Å². The van der Waals surface area contributed by atoms with E-state index >= 15 is 0 Å². The van der Waals surface area contributed by atoms with E-state index in [4.69, 9.17) is 0 Å². The monoisotopic (exact) mass is 496 g/mol. The van der Waals surface area contributed by atoms with Gasteiger partial charge in [0, 0.05) is 23.2 Å². The zero-order chi connectivity index (χ0) is 26.2. The molecular weight excluding hydrogens is 460 g/mol. The molecule has 0 atom stereocenters. The molecule has 0 heterocycles. The molecule has 4 rings (SSSR count). The van der Waals surface area contributed by atoms with Crippen molar-refractivity contribution >= 4 is 33.0 Å². The van der Waals surface area contributed by atoms with Crippen molar-refractivity contribution in [2.24, 2.45) is 33.5 Å². The second-order valence-electron chi connectivity index (χ2n) is 12.3. The second-order valence-corrected chi connectivity index (χ2v) is 14.2. The first-order valence-electron chi connectivity index (χ1n) is 12.0. The summed E-state index contributed by atoms with van der Waals surface area (Å²) in [5.41, 5.74) is 0.843. The molecule has 0 aromatic heterocycles. The Morgan fingerprint density at radius 1 is 0.571 bits per heavy atom. The Morgan fingerprint density at radius 2 is 0.829 bits per heavy atom. The highest BCUT2D eigenvalue weighted by molar-refractivity contribution is 7.91. The Morgan fingerprint density at radius 3 is 1.06 bits per heavy atom. The Bertz CT molecular complexity index is 1160. The molecule has 2 aliphatic rings. The fraction of sp³-hybridized carbons (Fsp3) is 0.500. The van der Waals surface area contributed by atoms with Crippen molar-refractivity contribution < 1.29 is 18.0 Å². The minimum absolute atomic E-state index is 0.0498. The van der Waals surface area contributed by atoms with Gasteiger partial charge < -0.3 is 10.6 Å². The van der Waals surface area contributed by atoms with E-state index in [1.807, 2.05) is 0 Å².